The summed E-state index contributed by atoms with van der Waals surface area (Å²) in [6, 6.07) is 15.1. The van der Waals surface area contributed by atoms with Gasteiger partial charge in [0.15, 0.2) is 5.76 Å². The van der Waals surface area contributed by atoms with E-state index < -0.39 is 0 Å². The molecule has 0 saturated carbocycles. The minimum atomic E-state index is -0.131. The number of carbonyl (C=O) groups is 1. The van der Waals surface area contributed by atoms with E-state index in [9.17, 15) is 4.79 Å². The van der Waals surface area contributed by atoms with Crippen LogP contribution in [-0.2, 0) is 16.1 Å². The molecule has 5 nitrogen and oxygen atoms in total. The summed E-state index contributed by atoms with van der Waals surface area (Å²) in [5.41, 5.74) is 3.37. The molecule has 0 radical (unpaired) electrons. The lowest BCUT2D eigenvalue weighted by molar-refractivity contribution is -0.122. The zero-order valence-electron chi connectivity index (χ0n) is 16.6. The SMILES string of the molecule is CCCN=C1OC(=Cc2ccc3c(c2)c2ccccc2n3CC)C(=O)N1CC. The minimum absolute atomic E-state index is 0.131. The van der Waals surface area contributed by atoms with Crippen molar-refractivity contribution in [3.8, 4) is 0 Å². The smallest absolute Gasteiger partial charge is 0.300 e. The molecule has 144 valence electrons. The van der Waals surface area contributed by atoms with E-state index in [4.69, 9.17) is 4.74 Å². The number of nitrogens with zero attached hydrogens (tertiary/aromatic N) is 3. The van der Waals surface area contributed by atoms with Crippen LogP contribution in [0.3, 0.4) is 0 Å². The summed E-state index contributed by atoms with van der Waals surface area (Å²) in [6.07, 6.45) is 2.73. The average Bonchev–Trinajstić information content (AvgIpc) is 3.20. The Kier molecular flexibility index (Phi) is 4.90. The van der Waals surface area contributed by atoms with Gasteiger partial charge in [-0.25, -0.2) is 4.99 Å². The molecule has 28 heavy (non-hydrogen) atoms. The number of ether oxygens (including phenoxy) is 1. The van der Waals surface area contributed by atoms with Crippen LogP contribution in [0.25, 0.3) is 27.9 Å². The predicted molar refractivity (Wildman–Crippen MR) is 114 cm³/mol. The summed E-state index contributed by atoms with van der Waals surface area (Å²) in [7, 11) is 0. The summed E-state index contributed by atoms with van der Waals surface area (Å²) < 4.78 is 8.10. The molecule has 0 unspecified atom stereocenters. The van der Waals surface area contributed by atoms with Crippen LogP contribution in [0.15, 0.2) is 53.2 Å². The van der Waals surface area contributed by atoms with Crippen LogP contribution in [0, 0.1) is 0 Å². The summed E-state index contributed by atoms with van der Waals surface area (Å²) in [6.45, 7) is 8.24. The van der Waals surface area contributed by atoms with E-state index in [0.717, 1.165) is 18.5 Å². The molecule has 2 aromatic carbocycles. The first-order valence-electron chi connectivity index (χ1n) is 9.94. The van der Waals surface area contributed by atoms with Crippen molar-refractivity contribution in [1.82, 2.24) is 9.47 Å². The van der Waals surface area contributed by atoms with Crippen molar-refractivity contribution in [3.63, 3.8) is 0 Å². The molecule has 0 atom stereocenters. The third kappa shape index (κ3) is 2.97. The van der Waals surface area contributed by atoms with Gasteiger partial charge in [-0.2, -0.15) is 0 Å². The van der Waals surface area contributed by atoms with E-state index >= 15 is 0 Å². The van der Waals surface area contributed by atoms with Crippen molar-refractivity contribution < 1.29 is 9.53 Å². The second-order valence-corrected chi connectivity index (χ2v) is 6.86. The summed E-state index contributed by atoms with van der Waals surface area (Å²) >= 11 is 0. The van der Waals surface area contributed by atoms with Crippen molar-refractivity contribution >= 4 is 39.8 Å². The number of rotatable bonds is 5. The molecule has 4 rings (SSSR count). The zero-order valence-corrected chi connectivity index (χ0v) is 16.6. The van der Waals surface area contributed by atoms with E-state index in [1.165, 1.54) is 21.8 Å². The molecule has 2 heterocycles. The minimum Gasteiger partial charge on any atom is -0.420 e. The molecule has 1 amide bonds. The van der Waals surface area contributed by atoms with Gasteiger partial charge in [-0.15, -0.1) is 0 Å². The van der Waals surface area contributed by atoms with Gasteiger partial charge in [0, 0.05) is 41.4 Å². The van der Waals surface area contributed by atoms with Gasteiger partial charge in [0.2, 0.25) is 0 Å². The number of aliphatic imine (C=N–C) groups is 1. The van der Waals surface area contributed by atoms with E-state index in [-0.39, 0.29) is 5.91 Å². The number of likely N-dealkylation sites (N-methyl/N-ethyl adjacent to an activating group) is 1. The first kappa shape index (κ1) is 18.3. The molecule has 0 spiro atoms. The number of amidine groups is 1. The van der Waals surface area contributed by atoms with Crippen LogP contribution < -0.4 is 0 Å². The summed E-state index contributed by atoms with van der Waals surface area (Å²) in [5.74, 6) is 0.198. The number of para-hydroxylation sites is 1. The third-order valence-corrected chi connectivity index (χ3v) is 5.09. The largest absolute Gasteiger partial charge is 0.420 e. The third-order valence-electron chi connectivity index (χ3n) is 5.09. The number of aromatic nitrogens is 1. The van der Waals surface area contributed by atoms with Gasteiger partial charge < -0.3 is 9.30 Å². The fourth-order valence-corrected chi connectivity index (χ4v) is 3.77. The summed E-state index contributed by atoms with van der Waals surface area (Å²) in [4.78, 5) is 18.7. The molecule has 3 aromatic rings. The molecule has 1 saturated heterocycles. The van der Waals surface area contributed by atoms with Crippen LogP contribution in [0.2, 0.25) is 0 Å². The molecule has 5 heteroatoms. The van der Waals surface area contributed by atoms with Crippen LogP contribution in [0.5, 0.6) is 0 Å². The number of fused-ring (bicyclic) bond motifs is 3. The zero-order chi connectivity index (χ0) is 19.7. The quantitative estimate of drug-likeness (QED) is 0.601. The van der Waals surface area contributed by atoms with Gasteiger partial charge in [-0.3, -0.25) is 9.69 Å². The maximum atomic E-state index is 12.7. The van der Waals surface area contributed by atoms with Crippen LogP contribution in [-0.4, -0.2) is 34.5 Å². The predicted octanol–water partition coefficient (Wildman–Crippen LogP) is 4.80. The molecular weight excluding hydrogens is 350 g/mol. The summed E-state index contributed by atoms with van der Waals surface area (Å²) in [5, 5.41) is 2.41. The maximum Gasteiger partial charge on any atom is 0.300 e. The molecule has 1 aliphatic rings. The molecule has 1 aromatic heterocycles. The highest BCUT2D eigenvalue weighted by atomic mass is 16.5. The first-order valence-corrected chi connectivity index (χ1v) is 9.94. The van der Waals surface area contributed by atoms with Crippen molar-refractivity contribution in [3.05, 3.63) is 53.8 Å². The Labute approximate surface area is 164 Å². The molecule has 0 aliphatic carbocycles. The van der Waals surface area contributed by atoms with Crippen molar-refractivity contribution in [1.29, 1.82) is 0 Å². The van der Waals surface area contributed by atoms with Crippen LogP contribution >= 0.6 is 0 Å². The number of benzene rings is 2. The van der Waals surface area contributed by atoms with Gasteiger partial charge in [0.05, 0.1) is 0 Å². The Morgan fingerprint density at radius 3 is 2.54 bits per heavy atom. The highest BCUT2D eigenvalue weighted by Crippen LogP contribution is 2.30. The number of hydrogen-bond donors (Lipinski definition) is 0. The highest BCUT2D eigenvalue weighted by Gasteiger charge is 2.33. The lowest BCUT2D eigenvalue weighted by Gasteiger charge is -2.08. The maximum absolute atomic E-state index is 12.7. The fraction of sp³-hybridized carbons (Fsp3) is 0.304. The van der Waals surface area contributed by atoms with E-state index in [2.05, 4.69) is 59.8 Å². The number of carbonyl (C=O) groups excluding carboxylic acids is 1. The number of hydrogen-bond acceptors (Lipinski definition) is 3. The lowest BCUT2D eigenvalue weighted by Crippen LogP contribution is -2.29. The first-order chi connectivity index (χ1) is 13.7. The van der Waals surface area contributed by atoms with Crippen LogP contribution in [0.1, 0.15) is 32.8 Å². The average molecular weight is 375 g/mol. The molecule has 0 N–H and O–H groups in total. The standard InChI is InChI=1S/C23H25N3O2/c1-4-13-24-23-26(6-3)22(27)21(28-23)15-16-11-12-20-18(14-16)17-9-7-8-10-19(17)25(20)5-2/h7-12,14-15H,4-6,13H2,1-3H3. The van der Waals surface area contributed by atoms with E-state index in [1.54, 1.807) is 4.90 Å². The molecular formula is C23H25N3O2. The van der Waals surface area contributed by atoms with Gasteiger partial charge in [0.1, 0.15) is 0 Å². The van der Waals surface area contributed by atoms with Crippen molar-refractivity contribution in [2.24, 2.45) is 4.99 Å². The van der Waals surface area contributed by atoms with E-state index in [1.807, 2.05) is 19.1 Å². The van der Waals surface area contributed by atoms with E-state index in [0.29, 0.717) is 24.9 Å². The van der Waals surface area contributed by atoms with Crippen molar-refractivity contribution in [2.75, 3.05) is 13.1 Å². The van der Waals surface area contributed by atoms with Crippen LogP contribution in [0.4, 0.5) is 0 Å². The molecule has 1 fully saturated rings. The monoisotopic (exact) mass is 375 g/mol. The molecule has 0 bridgehead atoms. The van der Waals surface area contributed by atoms with Crippen molar-refractivity contribution in [2.45, 2.75) is 33.7 Å². The Hall–Kier alpha value is -3.08. The molecule has 1 aliphatic heterocycles. The highest BCUT2D eigenvalue weighted by molar-refractivity contribution is 6.12. The Balaban J connectivity index is 1.78. The van der Waals surface area contributed by atoms with Gasteiger partial charge in [0.25, 0.3) is 11.9 Å². The Bertz CT molecular complexity index is 1110. The fourth-order valence-electron chi connectivity index (χ4n) is 3.77. The number of amides is 1. The normalized spacial score (nSPS) is 17.4. The Morgan fingerprint density at radius 2 is 1.79 bits per heavy atom. The second kappa shape index (κ2) is 7.50. The second-order valence-electron chi connectivity index (χ2n) is 6.86. The van der Waals surface area contributed by atoms with Gasteiger partial charge in [-0.05, 0) is 50.1 Å². The van der Waals surface area contributed by atoms with Gasteiger partial charge in [-0.1, -0.05) is 31.2 Å². The Morgan fingerprint density at radius 1 is 1.00 bits per heavy atom. The number of aryl methyl sites for hydroxylation is 1. The van der Waals surface area contributed by atoms with Gasteiger partial charge >= 0.3 is 0 Å². The lowest BCUT2D eigenvalue weighted by atomic mass is 10.1. The topological polar surface area (TPSA) is 46.8 Å².